The second-order valence-corrected chi connectivity index (χ2v) is 13.1. The summed E-state index contributed by atoms with van der Waals surface area (Å²) in [5, 5.41) is 3.15. The lowest BCUT2D eigenvalue weighted by Gasteiger charge is -2.34. The number of hydrogen-bond donors (Lipinski definition) is 1. The Kier molecular flexibility index (Phi) is 11.4. The maximum absolute atomic E-state index is 13.9. The molecule has 11 heteroatoms. The summed E-state index contributed by atoms with van der Waals surface area (Å²) in [5.41, 5.74) is 1.42. The summed E-state index contributed by atoms with van der Waals surface area (Å²) in [4.78, 5) is 29.2. The molecule has 7 nitrogen and oxygen atoms in total. The van der Waals surface area contributed by atoms with E-state index in [0.717, 1.165) is 66.4 Å². The van der Waals surface area contributed by atoms with Gasteiger partial charge in [-0.2, -0.15) is 0 Å². The van der Waals surface area contributed by atoms with Gasteiger partial charge >= 0.3 is 0 Å². The van der Waals surface area contributed by atoms with Gasteiger partial charge in [0.25, 0.3) is 0 Å². The molecule has 0 unspecified atom stereocenters. The summed E-state index contributed by atoms with van der Waals surface area (Å²) in [5.74, 6) is -3.40. The van der Waals surface area contributed by atoms with Gasteiger partial charge in [0.05, 0.1) is 11.9 Å². The molecule has 1 atom stereocenters. The fraction of sp³-hybridized carbons (Fsp3) is 0.394. The number of sulfonamides is 1. The number of nitrogens with one attached hydrogen (secondary N) is 1. The van der Waals surface area contributed by atoms with E-state index >= 15 is 0 Å². The SMILES string of the molecule is CS(=O)(=O)N(CCCC(=O)N(Cc1ccc(F)cc1)[C@H](Cc1ccccc1)C(=O)NC1CCCCC1)c1ccc(F)c(F)c1. The highest BCUT2D eigenvalue weighted by molar-refractivity contribution is 7.92. The largest absolute Gasteiger partial charge is 0.352 e. The van der Waals surface area contributed by atoms with Gasteiger partial charge in [0.15, 0.2) is 11.6 Å². The van der Waals surface area contributed by atoms with Gasteiger partial charge in [0.2, 0.25) is 21.8 Å². The van der Waals surface area contributed by atoms with Crippen LogP contribution < -0.4 is 9.62 Å². The Bertz CT molecular complexity index is 1510. The number of anilines is 1. The molecule has 1 N–H and O–H groups in total. The van der Waals surface area contributed by atoms with Crippen LogP contribution in [0, 0.1) is 17.5 Å². The second kappa shape index (κ2) is 15.2. The van der Waals surface area contributed by atoms with E-state index in [4.69, 9.17) is 0 Å². The van der Waals surface area contributed by atoms with Gasteiger partial charge in [-0.15, -0.1) is 0 Å². The van der Waals surface area contributed by atoms with Gasteiger partial charge in [0, 0.05) is 38.0 Å². The molecule has 1 saturated carbocycles. The molecule has 0 radical (unpaired) electrons. The fourth-order valence-electron chi connectivity index (χ4n) is 5.53. The lowest BCUT2D eigenvalue weighted by molar-refractivity contribution is -0.141. The Balaban J connectivity index is 1.59. The first-order valence-corrected chi connectivity index (χ1v) is 16.7. The van der Waals surface area contributed by atoms with Crippen LogP contribution in [-0.4, -0.2) is 50.0 Å². The number of hydrogen-bond acceptors (Lipinski definition) is 4. The molecule has 2 amide bonds. The Morgan fingerprint density at radius 2 is 1.57 bits per heavy atom. The molecule has 0 bridgehead atoms. The molecule has 236 valence electrons. The average molecular weight is 630 g/mol. The highest BCUT2D eigenvalue weighted by Gasteiger charge is 2.32. The zero-order valence-corrected chi connectivity index (χ0v) is 25.5. The van der Waals surface area contributed by atoms with Crippen molar-refractivity contribution in [2.45, 2.75) is 70.0 Å². The van der Waals surface area contributed by atoms with Gasteiger partial charge in [-0.1, -0.05) is 61.7 Å². The lowest BCUT2D eigenvalue weighted by atomic mass is 9.94. The van der Waals surface area contributed by atoms with Crippen LogP contribution in [0.3, 0.4) is 0 Å². The zero-order valence-electron chi connectivity index (χ0n) is 24.7. The van der Waals surface area contributed by atoms with Gasteiger partial charge in [-0.3, -0.25) is 13.9 Å². The van der Waals surface area contributed by atoms with Crippen LogP contribution in [0.1, 0.15) is 56.1 Å². The van der Waals surface area contributed by atoms with Crippen molar-refractivity contribution in [3.8, 4) is 0 Å². The Morgan fingerprint density at radius 1 is 0.886 bits per heavy atom. The normalized spacial score (nSPS) is 14.5. The van der Waals surface area contributed by atoms with E-state index < -0.39 is 39.4 Å². The minimum absolute atomic E-state index is 0.0109. The number of halogens is 3. The third kappa shape index (κ3) is 9.32. The van der Waals surface area contributed by atoms with Gasteiger partial charge in [-0.25, -0.2) is 21.6 Å². The van der Waals surface area contributed by atoms with Crippen LogP contribution in [0.15, 0.2) is 72.8 Å². The first kappa shape index (κ1) is 33.0. The number of nitrogens with zero attached hydrogens (tertiary/aromatic N) is 2. The Morgan fingerprint density at radius 3 is 2.20 bits per heavy atom. The smallest absolute Gasteiger partial charge is 0.243 e. The van der Waals surface area contributed by atoms with Crippen LogP contribution in [-0.2, 0) is 32.6 Å². The van der Waals surface area contributed by atoms with E-state index in [-0.39, 0.29) is 50.0 Å². The van der Waals surface area contributed by atoms with Crippen molar-refractivity contribution in [3.05, 3.63) is 101 Å². The third-order valence-corrected chi connectivity index (χ3v) is 9.03. The summed E-state index contributed by atoms with van der Waals surface area (Å²) in [7, 11) is -3.89. The molecule has 4 rings (SSSR count). The molecule has 1 aliphatic rings. The predicted octanol–water partition coefficient (Wildman–Crippen LogP) is 5.74. The first-order valence-electron chi connectivity index (χ1n) is 14.8. The maximum Gasteiger partial charge on any atom is 0.243 e. The van der Waals surface area contributed by atoms with Gasteiger partial charge in [-0.05, 0) is 54.7 Å². The first-order chi connectivity index (χ1) is 21.0. The lowest BCUT2D eigenvalue weighted by Crippen LogP contribution is -2.52. The minimum Gasteiger partial charge on any atom is -0.352 e. The summed E-state index contributed by atoms with van der Waals surface area (Å²) < 4.78 is 67.1. The van der Waals surface area contributed by atoms with Crippen molar-refractivity contribution in [1.29, 1.82) is 0 Å². The van der Waals surface area contributed by atoms with E-state index in [2.05, 4.69) is 5.32 Å². The molecule has 0 aliphatic heterocycles. The monoisotopic (exact) mass is 629 g/mol. The summed E-state index contributed by atoms with van der Waals surface area (Å²) in [6.07, 6.45) is 5.99. The molecule has 1 aliphatic carbocycles. The molecule has 0 saturated heterocycles. The number of carbonyl (C=O) groups is 2. The van der Waals surface area contributed by atoms with E-state index in [9.17, 15) is 31.2 Å². The maximum atomic E-state index is 13.9. The van der Waals surface area contributed by atoms with E-state index in [1.807, 2.05) is 30.3 Å². The van der Waals surface area contributed by atoms with Crippen molar-refractivity contribution in [1.82, 2.24) is 10.2 Å². The zero-order chi connectivity index (χ0) is 31.7. The molecule has 0 aromatic heterocycles. The molecule has 3 aromatic rings. The highest BCUT2D eigenvalue weighted by atomic mass is 32.2. The Labute approximate surface area is 257 Å². The van der Waals surface area contributed by atoms with Crippen molar-refractivity contribution >= 4 is 27.5 Å². The van der Waals surface area contributed by atoms with E-state index in [0.29, 0.717) is 5.56 Å². The molecular weight excluding hydrogens is 591 g/mol. The molecule has 44 heavy (non-hydrogen) atoms. The van der Waals surface area contributed by atoms with E-state index in [1.54, 1.807) is 12.1 Å². The predicted molar refractivity (Wildman–Crippen MR) is 164 cm³/mol. The molecule has 3 aromatic carbocycles. The summed E-state index contributed by atoms with van der Waals surface area (Å²) in [6, 6.07) is 17.0. The van der Waals surface area contributed by atoms with Gasteiger partial charge < -0.3 is 10.2 Å². The van der Waals surface area contributed by atoms with Crippen LogP contribution in [0.5, 0.6) is 0 Å². The Hall–Kier alpha value is -3.86. The minimum atomic E-state index is -3.89. The van der Waals surface area contributed by atoms with Crippen LogP contribution >= 0.6 is 0 Å². The fourth-order valence-corrected chi connectivity index (χ4v) is 6.49. The molecular formula is C33H38F3N3O4S. The van der Waals surface area contributed by atoms with Crippen molar-refractivity contribution in [2.24, 2.45) is 0 Å². The van der Waals surface area contributed by atoms with Crippen LogP contribution in [0.4, 0.5) is 18.9 Å². The summed E-state index contributed by atoms with van der Waals surface area (Å²) in [6.45, 7) is -0.134. The van der Waals surface area contributed by atoms with E-state index in [1.165, 1.54) is 17.0 Å². The van der Waals surface area contributed by atoms with Crippen molar-refractivity contribution in [2.75, 3.05) is 17.1 Å². The number of carbonyl (C=O) groups excluding carboxylic acids is 2. The third-order valence-electron chi connectivity index (χ3n) is 7.83. The van der Waals surface area contributed by atoms with Gasteiger partial charge in [0.1, 0.15) is 11.9 Å². The summed E-state index contributed by atoms with van der Waals surface area (Å²) >= 11 is 0. The molecule has 0 heterocycles. The standard InChI is InChI=1S/C33H38F3N3O4S/c1-44(42,43)39(28-18-19-29(35)30(36)22-28)20-8-13-32(40)38(23-25-14-16-26(34)17-15-25)31(21-24-9-4-2-5-10-24)33(41)37-27-11-6-3-7-12-27/h2,4-5,9-10,14-19,22,27,31H,3,6-8,11-13,20-21,23H2,1H3,(H,37,41)/t31-/m1/s1. The quantitative estimate of drug-likeness (QED) is 0.261. The number of amides is 2. The van der Waals surface area contributed by atoms with Crippen LogP contribution in [0.25, 0.3) is 0 Å². The number of benzene rings is 3. The number of rotatable bonds is 13. The van der Waals surface area contributed by atoms with Crippen molar-refractivity contribution < 1.29 is 31.2 Å². The average Bonchev–Trinajstić information content (AvgIpc) is 3.00. The molecule has 1 fully saturated rings. The topological polar surface area (TPSA) is 86.8 Å². The van der Waals surface area contributed by atoms with Crippen LogP contribution in [0.2, 0.25) is 0 Å². The molecule has 0 spiro atoms. The van der Waals surface area contributed by atoms with Crippen molar-refractivity contribution in [3.63, 3.8) is 0 Å². The second-order valence-electron chi connectivity index (χ2n) is 11.2. The highest BCUT2D eigenvalue weighted by Crippen LogP contribution is 2.23.